The third-order valence-corrected chi connectivity index (χ3v) is 3.15. The van der Waals surface area contributed by atoms with Crippen LogP contribution in [0.15, 0.2) is 40.0 Å². The Balaban J connectivity index is 2.51. The highest BCUT2D eigenvalue weighted by molar-refractivity contribution is 14.1. The molecule has 0 aliphatic rings. The van der Waals surface area contributed by atoms with E-state index in [1.165, 1.54) is 34.7 Å². The summed E-state index contributed by atoms with van der Waals surface area (Å²) in [6, 6.07) is 7.93. The van der Waals surface area contributed by atoms with Crippen LogP contribution in [-0.4, -0.2) is 24.7 Å². The molecule has 0 aliphatic heterocycles. The van der Waals surface area contributed by atoms with Crippen LogP contribution in [0.2, 0.25) is 0 Å². The number of ether oxygens (including phenoxy) is 1. The van der Waals surface area contributed by atoms with E-state index < -0.39 is 18.1 Å². The van der Waals surface area contributed by atoms with Crippen LogP contribution in [-0.2, 0) is 4.74 Å². The summed E-state index contributed by atoms with van der Waals surface area (Å²) in [5.74, 6) is -5.56. The standard InChI is InChI=1S/C13H10F5IO2/c14-12(15,13(16,17)18)8-10(19)6-7-21-11(20)9-4-2-1-3-5-9/h1-5,8H,6-7H2/b10-8-. The average Bonchev–Trinajstić information content (AvgIpc) is 2.37. The lowest BCUT2D eigenvalue weighted by Crippen LogP contribution is -2.34. The molecule has 0 saturated carbocycles. The molecular formula is C13H10F5IO2. The van der Waals surface area contributed by atoms with Gasteiger partial charge in [-0.3, -0.25) is 0 Å². The Morgan fingerprint density at radius 2 is 1.71 bits per heavy atom. The molecule has 21 heavy (non-hydrogen) atoms. The zero-order valence-electron chi connectivity index (χ0n) is 10.5. The maximum Gasteiger partial charge on any atom is 0.457 e. The SMILES string of the molecule is O=C(OCC/C(I)=C/C(F)(F)C(F)(F)F)c1ccccc1. The normalized spacial score (nSPS) is 13.1. The smallest absolute Gasteiger partial charge is 0.457 e. The second-order valence-corrected chi connectivity index (χ2v) is 5.35. The molecule has 0 amide bonds. The van der Waals surface area contributed by atoms with E-state index in [2.05, 4.69) is 0 Å². The fourth-order valence-electron chi connectivity index (χ4n) is 1.25. The molecule has 1 rings (SSSR count). The fourth-order valence-corrected chi connectivity index (χ4v) is 1.86. The molecule has 0 saturated heterocycles. The summed E-state index contributed by atoms with van der Waals surface area (Å²) in [4.78, 5) is 11.5. The molecule has 0 spiro atoms. The van der Waals surface area contributed by atoms with Gasteiger partial charge >= 0.3 is 18.1 Å². The van der Waals surface area contributed by atoms with E-state index >= 15 is 0 Å². The van der Waals surface area contributed by atoms with Gasteiger partial charge in [-0.05, 0) is 38.3 Å². The van der Waals surface area contributed by atoms with Crippen molar-refractivity contribution in [2.75, 3.05) is 6.61 Å². The summed E-state index contributed by atoms with van der Waals surface area (Å²) in [5.41, 5.74) is 0.275. The maximum atomic E-state index is 12.7. The monoisotopic (exact) mass is 420 g/mol. The lowest BCUT2D eigenvalue weighted by molar-refractivity contribution is -0.259. The van der Waals surface area contributed by atoms with Crippen molar-refractivity contribution in [2.24, 2.45) is 0 Å². The third-order valence-electron chi connectivity index (χ3n) is 2.30. The van der Waals surface area contributed by atoms with E-state index in [-0.39, 0.29) is 28.2 Å². The first-order chi connectivity index (χ1) is 9.63. The largest absolute Gasteiger partial charge is 0.462 e. The van der Waals surface area contributed by atoms with Gasteiger partial charge in [0.05, 0.1) is 12.2 Å². The van der Waals surface area contributed by atoms with Gasteiger partial charge in [0.15, 0.2) is 0 Å². The quantitative estimate of drug-likeness (QED) is 0.391. The maximum absolute atomic E-state index is 12.7. The van der Waals surface area contributed by atoms with Crippen LogP contribution in [0.5, 0.6) is 0 Å². The Hall–Kier alpha value is -1.19. The number of hydrogen-bond acceptors (Lipinski definition) is 2. The van der Waals surface area contributed by atoms with Gasteiger partial charge in [0, 0.05) is 12.5 Å². The zero-order chi connectivity index (χ0) is 16.1. The van der Waals surface area contributed by atoms with Gasteiger partial charge in [0.2, 0.25) is 0 Å². The number of alkyl halides is 5. The Morgan fingerprint density at radius 3 is 2.24 bits per heavy atom. The number of hydrogen-bond donors (Lipinski definition) is 0. The van der Waals surface area contributed by atoms with Crippen molar-refractivity contribution in [1.29, 1.82) is 0 Å². The van der Waals surface area contributed by atoms with Crippen molar-refractivity contribution in [3.63, 3.8) is 0 Å². The summed E-state index contributed by atoms with van der Waals surface area (Å²) < 4.78 is 65.9. The molecule has 0 heterocycles. The third kappa shape index (κ3) is 5.60. The van der Waals surface area contributed by atoms with Crippen LogP contribution in [0.25, 0.3) is 0 Å². The summed E-state index contributed by atoms with van der Waals surface area (Å²) in [6.45, 7) is -0.281. The number of esters is 1. The highest BCUT2D eigenvalue weighted by Gasteiger charge is 2.55. The molecule has 0 N–H and O–H groups in total. The molecule has 0 bridgehead atoms. The van der Waals surface area contributed by atoms with Gasteiger partial charge in [0.1, 0.15) is 0 Å². The minimum atomic E-state index is -5.63. The Kier molecular flexibility index (Phi) is 6.11. The molecule has 0 aliphatic carbocycles. The summed E-state index contributed by atoms with van der Waals surface area (Å²) in [6.07, 6.45) is -6.03. The van der Waals surface area contributed by atoms with E-state index in [9.17, 15) is 26.7 Å². The van der Waals surface area contributed by atoms with E-state index in [0.717, 1.165) is 0 Å². The predicted octanol–water partition coefficient (Wildman–Crippen LogP) is 4.75. The molecule has 0 fully saturated rings. The van der Waals surface area contributed by atoms with Gasteiger partial charge in [-0.25, -0.2) is 4.79 Å². The van der Waals surface area contributed by atoms with Crippen LogP contribution < -0.4 is 0 Å². The molecule has 0 atom stereocenters. The van der Waals surface area contributed by atoms with Crippen LogP contribution >= 0.6 is 22.6 Å². The van der Waals surface area contributed by atoms with Crippen LogP contribution in [0.4, 0.5) is 22.0 Å². The van der Waals surface area contributed by atoms with Gasteiger partial charge in [-0.2, -0.15) is 22.0 Å². The summed E-state index contributed by atoms with van der Waals surface area (Å²) in [5, 5.41) is 0. The molecule has 116 valence electrons. The number of carbonyl (C=O) groups is 1. The topological polar surface area (TPSA) is 26.3 Å². The highest BCUT2D eigenvalue weighted by atomic mass is 127. The molecule has 0 unspecified atom stereocenters. The van der Waals surface area contributed by atoms with Gasteiger partial charge in [-0.15, -0.1) is 0 Å². The van der Waals surface area contributed by atoms with Crippen molar-refractivity contribution >= 4 is 28.6 Å². The molecular weight excluding hydrogens is 410 g/mol. The van der Waals surface area contributed by atoms with Crippen molar-refractivity contribution in [3.05, 3.63) is 45.6 Å². The molecule has 2 nitrogen and oxygen atoms in total. The molecule has 0 aromatic heterocycles. The van der Waals surface area contributed by atoms with Crippen molar-refractivity contribution in [2.45, 2.75) is 18.5 Å². The summed E-state index contributed by atoms with van der Waals surface area (Å²) in [7, 11) is 0. The Morgan fingerprint density at radius 1 is 1.14 bits per heavy atom. The van der Waals surface area contributed by atoms with Gasteiger partial charge < -0.3 is 4.74 Å². The first kappa shape index (κ1) is 17.9. The lowest BCUT2D eigenvalue weighted by atomic mass is 10.2. The van der Waals surface area contributed by atoms with Gasteiger partial charge in [-0.1, -0.05) is 18.2 Å². The second-order valence-electron chi connectivity index (χ2n) is 3.96. The van der Waals surface area contributed by atoms with E-state index in [1.807, 2.05) is 0 Å². The van der Waals surface area contributed by atoms with Crippen molar-refractivity contribution in [1.82, 2.24) is 0 Å². The number of rotatable bonds is 5. The predicted molar refractivity (Wildman–Crippen MR) is 74.4 cm³/mol. The first-order valence-corrected chi connectivity index (χ1v) is 6.75. The van der Waals surface area contributed by atoms with E-state index in [4.69, 9.17) is 4.74 Å². The minimum absolute atomic E-state index is 0.177. The Bertz CT molecular complexity index is 511. The minimum Gasteiger partial charge on any atom is -0.462 e. The second kappa shape index (κ2) is 7.19. The number of benzene rings is 1. The van der Waals surface area contributed by atoms with E-state index in [1.54, 1.807) is 18.2 Å². The molecule has 1 aromatic rings. The fraction of sp³-hybridized carbons (Fsp3) is 0.308. The lowest BCUT2D eigenvalue weighted by Gasteiger charge is -2.16. The van der Waals surface area contributed by atoms with Crippen LogP contribution in [0.3, 0.4) is 0 Å². The molecule has 1 aromatic carbocycles. The van der Waals surface area contributed by atoms with Crippen molar-refractivity contribution in [3.8, 4) is 0 Å². The first-order valence-electron chi connectivity index (χ1n) is 5.67. The van der Waals surface area contributed by atoms with Crippen LogP contribution in [0.1, 0.15) is 16.8 Å². The van der Waals surface area contributed by atoms with Crippen molar-refractivity contribution < 1.29 is 31.5 Å². The van der Waals surface area contributed by atoms with Crippen LogP contribution in [0, 0.1) is 0 Å². The Labute approximate surface area is 131 Å². The average molecular weight is 420 g/mol. The highest BCUT2D eigenvalue weighted by Crippen LogP contribution is 2.38. The zero-order valence-corrected chi connectivity index (χ0v) is 12.6. The number of halogens is 6. The molecule has 8 heteroatoms. The number of carbonyl (C=O) groups excluding carboxylic acids is 1. The van der Waals surface area contributed by atoms with Gasteiger partial charge in [0.25, 0.3) is 0 Å². The summed E-state index contributed by atoms with van der Waals surface area (Å²) >= 11 is 1.36. The molecule has 0 radical (unpaired) electrons. The van der Waals surface area contributed by atoms with E-state index in [0.29, 0.717) is 0 Å². The number of allylic oxidation sites excluding steroid dienone is 1.